The van der Waals surface area contributed by atoms with Gasteiger partial charge in [-0.05, 0) is 49.8 Å². The third kappa shape index (κ3) is 3.73. The van der Waals surface area contributed by atoms with Crippen LogP contribution in [0, 0.1) is 18.8 Å². The summed E-state index contributed by atoms with van der Waals surface area (Å²) in [4.78, 5) is 25.1. The van der Waals surface area contributed by atoms with E-state index in [0.717, 1.165) is 10.7 Å². The normalized spacial score (nSPS) is 23.5. The second-order valence-corrected chi connectivity index (χ2v) is 7.80. The van der Waals surface area contributed by atoms with Crippen LogP contribution in [0.3, 0.4) is 0 Å². The number of hydrogen-bond acceptors (Lipinski definition) is 4. The quantitative estimate of drug-likeness (QED) is 0.815. The highest BCUT2D eigenvalue weighted by atomic mass is 19.4. The number of carbonyl (C=O) groups is 2. The number of fused-ring (bicyclic) bond motifs is 1. The van der Waals surface area contributed by atoms with Gasteiger partial charge >= 0.3 is 18.2 Å². The number of aromatic carboxylic acids is 1. The van der Waals surface area contributed by atoms with Gasteiger partial charge in [-0.3, -0.25) is 0 Å². The van der Waals surface area contributed by atoms with Crippen LogP contribution in [0.5, 0.6) is 5.75 Å². The number of hydrogen-bond donors (Lipinski definition) is 1. The number of benzene rings is 1. The molecule has 30 heavy (non-hydrogen) atoms. The molecule has 1 aromatic carbocycles. The average molecular weight is 423 g/mol. The fourth-order valence-corrected chi connectivity index (χ4v) is 4.42. The summed E-state index contributed by atoms with van der Waals surface area (Å²) in [5.41, 5.74) is -0.825. The molecule has 1 amide bonds. The molecule has 1 saturated heterocycles. The van der Waals surface area contributed by atoms with Gasteiger partial charge in [0.2, 0.25) is 0 Å². The van der Waals surface area contributed by atoms with E-state index in [1.807, 2.05) is 0 Å². The highest BCUT2D eigenvalue weighted by Gasteiger charge is 2.44. The summed E-state index contributed by atoms with van der Waals surface area (Å²) in [5, 5.41) is 12.7. The number of aromatic nitrogens is 2. The number of halogens is 3. The van der Waals surface area contributed by atoms with Crippen molar-refractivity contribution in [2.24, 2.45) is 11.8 Å². The van der Waals surface area contributed by atoms with Gasteiger partial charge in [0.1, 0.15) is 5.75 Å². The Balaban J connectivity index is 1.38. The van der Waals surface area contributed by atoms with Gasteiger partial charge in [-0.15, -0.1) is 0 Å². The number of carbonyl (C=O) groups excluding carboxylic acids is 1. The van der Waals surface area contributed by atoms with Gasteiger partial charge in [0.25, 0.3) is 0 Å². The number of ether oxygens (including phenoxy) is 1. The fourth-order valence-electron chi connectivity index (χ4n) is 4.42. The number of carboxylic acids is 1. The molecule has 1 aromatic heterocycles. The van der Waals surface area contributed by atoms with Crippen LogP contribution in [0.15, 0.2) is 30.5 Å². The molecule has 2 heterocycles. The van der Waals surface area contributed by atoms with E-state index in [1.54, 1.807) is 11.0 Å². The van der Waals surface area contributed by atoms with Crippen molar-refractivity contribution in [1.29, 1.82) is 0 Å². The third-order valence-electron chi connectivity index (χ3n) is 5.87. The van der Waals surface area contributed by atoms with Crippen LogP contribution in [0.2, 0.25) is 0 Å². The Hall–Kier alpha value is -3.04. The summed E-state index contributed by atoms with van der Waals surface area (Å²) in [6.45, 7) is 2.37. The molecule has 1 aliphatic heterocycles. The summed E-state index contributed by atoms with van der Waals surface area (Å²) in [5.74, 6) is -0.607. The van der Waals surface area contributed by atoms with E-state index in [9.17, 15) is 22.8 Å². The van der Waals surface area contributed by atoms with Gasteiger partial charge in [-0.25, -0.2) is 9.59 Å². The van der Waals surface area contributed by atoms with E-state index in [0.29, 0.717) is 25.9 Å². The maximum atomic E-state index is 13.1. The Kier molecular flexibility index (Phi) is 4.95. The molecule has 3 atom stereocenters. The molecule has 2 fully saturated rings. The largest absolute Gasteiger partial charge is 0.490 e. The first-order valence-electron chi connectivity index (χ1n) is 9.55. The molecule has 7 nitrogen and oxygen atoms in total. The molecule has 1 unspecified atom stereocenters. The first-order valence-corrected chi connectivity index (χ1v) is 9.55. The Morgan fingerprint density at radius 1 is 1.17 bits per heavy atom. The maximum Gasteiger partial charge on any atom is 0.416 e. The smallest absolute Gasteiger partial charge is 0.416 e. The zero-order valence-electron chi connectivity index (χ0n) is 16.1. The van der Waals surface area contributed by atoms with E-state index in [2.05, 4.69) is 5.10 Å². The second-order valence-electron chi connectivity index (χ2n) is 7.80. The number of nitrogens with zero attached hydrogens (tertiary/aromatic N) is 3. The lowest BCUT2D eigenvalue weighted by Gasteiger charge is -2.21. The number of carboxylic acid groups (broad SMARTS) is 1. The van der Waals surface area contributed by atoms with E-state index in [-0.39, 0.29) is 41.0 Å². The summed E-state index contributed by atoms with van der Waals surface area (Å²) in [6, 6.07) is 4.81. The van der Waals surface area contributed by atoms with E-state index < -0.39 is 17.7 Å². The number of alkyl halides is 3. The summed E-state index contributed by atoms with van der Waals surface area (Å²) >= 11 is 0. The number of amides is 1. The van der Waals surface area contributed by atoms with Gasteiger partial charge < -0.3 is 14.7 Å². The molecule has 1 N–H and O–H groups in total. The monoisotopic (exact) mass is 423 g/mol. The topological polar surface area (TPSA) is 84.7 Å². The van der Waals surface area contributed by atoms with Crippen LogP contribution in [0.25, 0.3) is 0 Å². The van der Waals surface area contributed by atoms with E-state index in [4.69, 9.17) is 9.84 Å². The van der Waals surface area contributed by atoms with Crippen LogP contribution in [-0.4, -0.2) is 51.0 Å². The van der Waals surface area contributed by atoms with Crippen molar-refractivity contribution in [2.45, 2.75) is 32.0 Å². The lowest BCUT2D eigenvalue weighted by molar-refractivity contribution is -0.138. The summed E-state index contributed by atoms with van der Waals surface area (Å²) < 4.78 is 46.2. The minimum Gasteiger partial charge on any atom is -0.490 e. The average Bonchev–Trinajstić information content (AvgIpc) is 3.36. The molecule has 0 radical (unpaired) electrons. The molecule has 1 aliphatic carbocycles. The number of likely N-dealkylation sites (tertiary alicyclic amines) is 1. The van der Waals surface area contributed by atoms with E-state index >= 15 is 0 Å². The van der Waals surface area contributed by atoms with Crippen LogP contribution >= 0.6 is 0 Å². The van der Waals surface area contributed by atoms with Gasteiger partial charge in [-0.1, -0.05) is 6.07 Å². The molecule has 0 spiro atoms. The molecule has 10 heteroatoms. The van der Waals surface area contributed by atoms with E-state index in [1.165, 1.54) is 25.3 Å². The minimum absolute atomic E-state index is 0.0757. The van der Waals surface area contributed by atoms with Gasteiger partial charge in [0, 0.05) is 24.8 Å². The van der Waals surface area contributed by atoms with Crippen molar-refractivity contribution in [1.82, 2.24) is 14.7 Å². The van der Waals surface area contributed by atoms with Crippen molar-refractivity contribution in [3.05, 3.63) is 47.3 Å². The van der Waals surface area contributed by atoms with Crippen molar-refractivity contribution in [3.63, 3.8) is 0 Å². The first kappa shape index (κ1) is 20.2. The molecular formula is C20H20F3N3O4. The predicted molar refractivity (Wildman–Crippen MR) is 98.4 cm³/mol. The van der Waals surface area contributed by atoms with Crippen LogP contribution in [0.4, 0.5) is 18.0 Å². The second kappa shape index (κ2) is 7.33. The Labute approximate surface area is 170 Å². The molecule has 160 valence electrons. The van der Waals surface area contributed by atoms with Crippen LogP contribution in [0.1, 0.15) is 34.5 Å². The lowest BCUT2D eigenvalue weighted by atomic mass is 10.0. The SMILES string of the molecule is Cc1c(OC2C[C@@H]3CN(C(=O)n4ccc(C(=O)O)n4)C[C@@H]3C2)cccc1C(F)(F)F. The zero-order valence-corrected chi connectivity index (χ0v) is 16.1. The highest BCUT2D eigenvalue weighted by Crippen LogP contribution is 2.41. The Morgan fingerprint density at radius 3 is 2.40 bits per heavy atom. The third-order valence-corrected chi connectivity index (χ3v) is 5.87. The molecular weight excluding hydrogens is 403 g/mol. The van der Waals surface area contributed by atoms with Crippen molar-refractivity contribution < 1.29 is 32.6 Å². The van der Waals surface area contributed by atoms with Crippen molar-refractivity contribution >= 4 is 12.0 Å². The minimum atomic E-state index is -4.43. The standard InChI is InChI=1S/C20H20F3N3O4/c1-11-15(20(21,22)23)3-2-4-17(11)30-14-7-12-9-25(10-13(12)8-14)19(29)26-6-5-16(24-26)18(27)28/h2-6,12-14H,7-10H2,1H3,(H,27,28)/t12-,13+,14?. The summed E-state index contributed by atoms with van der Waals surface area (Å²) in [7, 11) is 0. The molecule has 2 aromatic rings. The van der Waals surface area contributed by atoms with Crippen LogP contribution in [-0.2, 0) is 6.18 Å². The zero-order chi connectivity index (χ0) is 21.6. The Bertz CT molecular complexity index is 974. The maximum absolute atomic E-state index is 13.1. The van der Waals surface area contributed by atoms with Crippen molar-refractivity contribution in [2.75, 3.05) is 13.1 Å². The molecule has 2 aliphatic rings. The molecule has 0 bridgehead atoms. The lowest BCUT2D eigenvalue weighted by Crippen LogP contribution is -2.34. The van der Waals surface area contributed by atoms with Gasteiger partial charge in [-0.2, -0.15) is 23.0 Å². The molecule has 4 rings (SSSR count). The highest BCUT2D eigenvalue weighted by molar-refractivity contribution is 5.86. The van der Waals surface area contributed by atoms with Crippen molar-refractivity contribution in [3.8, 4) is 5.75 Å². The molecule has 1 saturated carbocycles. The fraction of sp³-hybridized carbons (Fsp3) is 0.450. The first-order chi connectivity index (χ1) is 14.1. The van der Waals surface area contributed by atoms with Gasteiger partial charge in [0.15, 0.2) is 5.69 Å². The van der Waals surface area contributed by atoms with Gasteiger partial charge in [0.05, 0.1) is 11.7 Å². The predicted octanol–water partition coefficient (Wildman–Crippen LogP) is 3.67. The Morgan fingerprint density at radius 2 is 1.83 bits per heavy atom. The van der Waals surface area contributed by atoms with Crippen LogP contribution < -0.4 is 4.74 Å². The summed E-state index contributed by atoms with van der Waals surface area (Å²) in [6.07, 6.45) is -2.03. The number of rotatable bonds is 3.